The largest absolute Gasteiger partial charge is 0.353 e. The molecule has 3 heterocycles. The summed E-state index contributed by atoms with van der Waals surface area (Å²) in [4.78, 5) is 29.8. The fraction of sp³-hybridized carbons (Fsp3) is 0.222. The SMILES string of the molecule is O=C(c1nc2ccccc2nc1Cl)N1CCN(c2ccccn2)CC1. The number of anilines is 1. The van der Waals surface area contributed by atoms with Gasteiger partial charge in [-0.3, -0.25) is 4.79 Å². The number of rotatable bonds is 2. The van der Waals surface area contributed by atoms with Crippen molar-refractivity contribution in [2.45, 2.75) is 0 Å². The Morgan fingerprint density at radius 2 is 1.60 bits per heavy atom. The number of fused-ring (bicyclic) bond motifs is 1. The summed E-state index contributed by atoms with van der Waals surface area (Å²) in [6.45, 7) is 2.64. The average Bonchev–Trinajstić information content (AvgIpc) is 2.68. The Labute approximate surface area is 150 Å². The minimum Gasteiger partial charge on any atom is -0.353 e. The van der Waals surface area contributed by atoms with Gasteiger partial charge in [-0.1, -0.05) is 29.8 Å². The molecule has 0 radical (unpaired) electrons. The molecule has 0 saturated carbocycles. The highest BCUT2D eigenvalue weighted by atomic mass is 35.5. The number of aromatic nitrogens is 3. The van der Waals surface area contributed by atoms with E-state index in [0.29, 0.717) is 24.1 Å². The summed E-state index contributed by atoms with van der Waals surface area (Å²) in [5.74, 6) is 0.752. The van der Waals surface area contributed by atoms with Crippen LogP contribution >= 0.6 is 11.6 Å². The predicted octanol–water partition coefficient (Wildman–Crippen LogP) is 2.64. The van der Waals surface area contributed by atoms with Crippen molar-refractivity contribution >= 4 is 34.4 Å². The fourth-order valence-corrected chi connectivity index (χ4v) is 3.16. The zero-order valence-electron chi connectivity index (χ0n) is 13.5. The van der Waals surface area contributed by atoms with Crippen LogP contribution in [-0.4, -0.2) is 51.9 Å². The molecule has 7 heteroatoms. The molecule has 1 amide bonds. The molecule has 1 saturated heterocycles. The smallest absolute Gasteiger partial charge is 0.275 e. The van der Waals surface area contributed by atoms with Gasteiger partial charge >= 0.3 is 0 Å². The van der Waals surface area contributed by atoms with Crippen LogP contribution in [0.4, 0.5) is 5.82 Å². The molecule has 3 aromatic rings. The summed E-state index contributed by atoms with van der Waals surface area (Å²) in [6.07, 6.45) is 1.78. The van der Waals surface area contributed by atoms with Crippen molar-refractivity contribution in [3.8, 4) is 0 Å². The second-order valence-corrected chi connectivity index (χ2v) is 6.18. The number of halogens is 1. The third-order valence-electron chi connectivity index (χ3n) is 4.27. The standard InChI is InChI=1S/C18H16ClN5O/c19-17-16(21-13-5-1-2-6-14(13)22-17)18(25)24-11-9-23(10-12-24)15-7-3-4-8-20-15/h1-8H,9-12H2. The quantitative estimate of drug-likeness (QED) is 0.708. The highest BCUT2D eigenvalue weighted by Crippen LogP contribution is 2.20. The van der Waals surface area contributed by atoms with E-state index in [2.05, 4.69) is 19.9 Å². The van der Waals surface area contributed by atoms with Gasteiger partial charge in [0.25, 0.3) is 5.91 Å². The third kappa shape index (κ3) is 3.13. The highest BCUT2D eigenvalue weighted by molar-refractivity contribution is 6.32. The number of carbonyl (C=O) groups is 1. The van der Waals surface area contributed by atoms with Crippen molar-refractivity contribution in [2.24, 2.45) is 0 Å². The van der Waals surface area contributed by atoms with Crippen LogP contribution in [0.3, 0.4) is 0 Å². The van der Waals surface area contributed by atoms with Crippen molar-refractivity contribution in [3.63, 3.8) is 0 Å². The number of nitrogens with zero attached hydrogens (tertiary/aromatic N) is 5. The molecule has 1 aliphatic rings. The van der Waals surface area contributed by atoms with Crippen LogP contribution in [0.5, 0.6) is 0 Å². The van der Waals surface area contributed by atoms with Gasteiger partial charge in [-0.05, 0) is 24.3 Å². The van der Waals surface area contributed by atoms with Gasteiger partial charge in [0.05, 0.1) is 11.0 Å². The Balaban J connectivity index is 1.52. The molecule has 1 aliphatic heterocycles. The van der Waals surface area contributed by atoms with Crippen molar-refractivity contribution in [1.29, 1.82) is 0 Å². The van der Waals surface area contributed by atoms with E-state index in [1.54, 1.807) is 11.1 Å². The normalized spacial score (nSPS) is 14.8. The number of pyridine rings is 1. The van der Waals surface area contributed by atoms with Crippen molar-refractivity contribution in [1.82, 2.24) is 19.9 Å². The molecule has 0 atom stereocenters. The van der Waals surface area contributed by atoms with Crippen LogP contribution < -0.4 is 4.90 Å². The first-order valence-corrected chi connectivity index (χ1v) is 8.48. The molecule has 126 valence electrons. The van der Waals surface area contributed by atoms with E-state index in [4.69, 9.17) is 11.6 Å². The first-order chi connectivity index (χ1) is 12.2. The van der Waals surface area contributed by atoms with E-state index >= 15 is 0 Å². The minimum absolute atomic E-state index is 0.149. The molecule has 4 rings (SSSR count). The first kappa shape index (κ1) is 15.8. The molecule has 6 nitrogen and oxygen atoms in total. The summed E-state index contributed by atoms with van der Waals surface area (Å²) in [7, 11) is 0. The van der Waals surface area contributed by atoms with Crippen LogP contribution in [-0.2, 0) is 0 Å². The summed E-state index contributed by atoms with van der Waals surface area (Å²) < 4.78 is 0. The molecular formula is C18H16ClN5O. The number of benzene rings is 1. The average molecular weight is 354 g/mol. The van der Waals surface area contributed by atoms with E-state index in [0.717, 1.165) is 18.9 Å². The number of carbonyl (C=O) groups excluding carboxylic acids is 1. The first-order valence-electron chi connectivity index (χ1n) is 8.10. The van der Waals surface area contributed by atoms with Crippen LogP contribution in [0.15, 0.2) is 48.7 Å². The van der Waals surface area contributed by atoms with Gasteiger partial charge < -0.3 is 9.80 Å². The Morgan fingerprint density at radius 1 is 0.920 bits per heavy atom. The Morgan fingerprint density at radius 3 is 2.28 bits per heavy atom. The molecule has 0 bridgehead atoms. The molecule has 0 N–H and O–H groups in total. The number of hydrogen-bond donors (Lipinski definition) is 0. The number of amides is 1. The lowest BCUT2D eigenvalue weighted by Gasteiger charge is -2.35. The van der Waals surface area contributed by atoms with Gasteiger partial charge in [0.2, 0.25) is 0 Å². The lowest BCUT2D eigenvalue weighted by Crippen LogP contribution is -2.49. The maximum atomic E-state index is 12.8. The van der Waals surface area contributed by atoms with Crippen molar-refractivity contribution < 1.29 is 4.79 Å². The molecule has 0 aliphatic carbocycles. The maximum absolute atomic E-state index is 12.8. The van der Waals surface area contributed by atoms with Gasteiger partial charge in [-0.15, -0.1) is 0 Å². The topological polar surface area (TPSA) is 62.2 Å². The minimum atomic E-state index is -0.177. The predicted molar refractivity (Wildman–Crippen MR) is 96.9 cm³/mol. The van der Waals surface area contributed by atoms with Gasteiger partial charge in [0, 0.05) is 32.4 Å². The van der Waals surface area contributed by atoms with Gasteiger partial charge in [0.1, 0.15) is 5.82 Å². The molecule has 0 spiro atoms. The zero-order chi connectivity index (χ0) is 17.2. The van der Waals surface area contributed by atoms with Crippen molar-refractivity contribution in [2.75, 3.05) is 31.1 Å². The molecule has 1 fully saturated rings. The molecule has 2 aromatic heterocycles. The summed E-state index contributed by atoms with van der Waals surface area (Å²) in [6, 6.07) is 13.2. The third-order valence-corrected chi connectivity index (χ3v) is 4.53. The number of hydrogen-bond acceptors (Lipinski definition) is 5. The van der Waals surface area contributed by atoms with E-state index in [1.807, 2.05) is 42.5 Å². The highest BCUT2D eigenvalue weighted by Gasteiger charge is 2.26. The molecule has 0 unspecified atom stereocenters. The van der Waals surface area contributed by atoms with Gasteiger partial charge in [-0.25, -0.2) is 15.0 Å². The van der Waals surface area contributed by atoms with E-state index in [-0.39, 0.29) is 16.8 Å². The maximum Gasteiger partial charge on any atom is 0.275 e. The van der Waals surface area contributed by atoms with Crippen LogP contribution in [0, 0.1) is 0 Å². The number of piperazine rings is 1. The second-order valence-electron chi connectivity index (χ2n) is 5.82. The fourth-order valence-electron chi connectivity index (χ4n) is 2.94. The lowest BCUT2D eigenvalue weighted by atomic mass is 10.2. The summed E-state index contributed by atoms with van der Waals surface area (Å²) in [5, 5.41) is 0.149. The van der Waals surface area contributed by atoms with E-state index in [1.165, 1.54) is 0 Å². The zero-order valence-corrected chi connectivity index (χ0v) is 14.2. The van der Waals surface area contributed by atoms with Crippen molar-refractivity contribution in [3.05, 3.63) is 59.5 Å². The van der Waals surface area contributed by atoms with Gasteiger partial charge in [-0.2, -0.15) is 0 Å². The molecule has 25 heavy (non-hydrogen) atoms. The lowest BCUT2D eigenvalue weighted by molar-refractivity contribution is 0.0741. The number of para-hydroxylation sites is 2. The Kier molecular flexibility index (Phi) is 4.19. The van der Waals surface area contributed by atoms with E-state index < -0.39 is 0 Å². The van der Waals surface area contributed by atoms with E-state index in [9.17, 15) is 4.79 Å². The van der Waals surface area contributed by atoms with Crippen LogP contribution in [0.2, 0.25) is 5.15 Å². The molecular weight excluding hydrogens is 338 g/mol. The van der Waals surface area contributed by atoms with Crippen LogP contribution in [0.25, 0.3) is 11.0 Å². The monoisotopic (exact) mass is 353 g/mol. The Bertz CT molecular complexity index is 910. The summed E-state index contributed by atoms with van der Waals surface area (Å²) >= 11 is 6.20. The molecule has 1 aromatic carbocycles. The Hall–Kier alpha value is -2.73. The summed E-state index contributed by atoms with van der Waals surface area (Å²) in [5.41, 5.74) is 1.57. The second kappa shape index (κ2) is 6.64. The van der Waals surface area contributed by atoms with Gasteiger partial charge in [0.15, 0.2) is 10.8 Å². The van der Waals surface area contributed by atoms with Crippen LogP contribution in [0.1, 0.15) is 10.5 Å².